The molecule has 0 saturated carbocycles. The van der Waals surface area contributed by atoms with Crippen LogP contribution in [0, 0.1) is 5.92 Å². The Balaban J connectivity index is 2.00. The number of hydrogen-bond donors (Lipinski definition) is 0. The van der Waals surface area contributed by atoms with Crippen LogP contribution in [-0.2, 0) is 9.53 Å². The third-order valence-electron chi connectivity index (χ3n) is 4.24. The molecule has 2 aliphatic rings. The number of likely N-dealkylation sites (tertiary alicyclic amines) is 1. The van der Waals surface area contributed by atoms with E-state index in [0.29, 0.717) is 18.6 Å². The van der Waals surface area contributed by atoms with Gasteiger partial charge in [0, 0.05) is 31.3 Å². The number of rotatable bonds is 4. The quantitative estimate of drug-likeness (QED) is 0.780. The highest BCUT2D eigenvalue weighted by atomic mass is 32.2. The second kappa shape index (κ2) is 6.95. The van der Waals surface area contributed by atoms with Gasteiger partial charge in [-0.2, -0.15) is 11.8 Å². The number of carbonyl (C=O) groups is 1. The Labute approximate surface area is 120 Å². The number of likely N-dealkylation sites (N-methyl/N-ethyl adjacent to an activating group) is 1. The number of hydrogen-bond acceptors (Lipinski definition) is 4. The molecule has 0 aliphatic carbocycles. The van der Waals surface area contributed by atoms with E-state index in [1.54, 1.807) is 11.8 Å². The highest BCUT2D eigenvalue weighted by Crippen LogP contribution is 2.25. The van der Waals surface area contributed by atoms with Crippen LogP contribution in [0.15, 0.2) is 0 Å². The van der Waals surface area contributed by atoms with Crippen LogP contribution in [0.2, 0.25) is 0 Å². The van der Waals surface area contributed by atoms with Gasteiger partial charge in [-0.15, -0.1) is 0 Å². The van der Waals surface area contributed by atoms with Crippen LogP contribution in [0.5, 0.6) is 0 Å². The predicted octanol–water partition coefficient (Wildman–Crippen LogP) is 1.31. The van der Waals surface area contributed by atoms with Crippen molar-refractivity contribution in [1.82, 2.24) is 9.80 Å². The maximum atomic E-state index is 12.5. The molecule has 2 rings (SSSR count). The number of carbonyl (C=O) groups excluding carboxylic acids is 1. The second-order valence-electron chi connectivity index (χ2n) is 5.55. The molecule has 0 spiro atoms. The zero-order valence-electron chi connectivity index (χ0n) is 12.3. The molecule has 0 N–H and O–H groups in total. The summed E-state index contributed by atoms with van der Waals surface area (Å²) in [5.41, 5.74) is 0. The van der Waals surface area contributed by atoms with Gasteiger partial charge in [0.2, 0.25) is 5.91 Å². The third kappa shape index (κ3) is 3.44. The van der Waals surface area contributed by atoms with Gasteiger partial charge in [0.25, 0.3) is 0 Å². The number of thioether (sulfide) groups is 1. The molecule has 0 aromatic rings. The van der Waals surface area contributed by atoms with Gasteiger partial charge in [-0.3, -0.25) is 4.79 Å². The first-order valence-corrected chi connectivity index (χ1v) is 8.70. The van der Waals surface area contributed by atoms with Crippen molar-refractivity contribution in [2.24, 2.45) is 5.92 Å². The van der Waals surface area contributed by atoms with Gasteiger partial charge in [-0.25, -0.2) is 0 Å². The maximum Gasteiger partial charge on any atom is 0.226 e. The van der Waals surface area contributed by atoms with Gasteiger partial charge in [-0.1, -0.05) is 13.8 Å². The van der Waals surface area contributed by atoms with Crippen LogP contribution in [0.4, 0.5) is 0 Å². The first-order chi connectivity index (χ1) is 9.17. The van der Waals surface area contributed by atoms with Crippen LogP contribution in [0.25, 0.3) is 0 Å². The van der Waals surface area contributed by atoms with Gasteiger partial charge in [0.15, 0.2) is 0 Å². The normalized spacial score (nSPS) is 29.9. The molecule has 3 atom stereocenters. The minimum absolute atomic E-state index is 0.123. The second-order valence-corrected chi connectivity index (χ2v) is 6.46. The van der Waals surface area contributed by atoms with Gasteiger partial charge in [-0.05, 0) is 19.2 Å². The van der Waals surface area contributed by atoms with Crippen molar-refractivity contribution in [3.8, 4) is 0 Å². The Morgan fingerprint density at radius 1 is 1.47 bits per heavy atom. The maximum absolute atomic E-state index is 12.5. The Bertz CT molecular complexity index is 314. The average Bonchev–Trinajstić information content (AvgIpc) is 2.45. The van der Waals surface area contributed by atoms with Crippen molar-refractivity contribution in [1.29, 1.82) is 0 Å². The molecule has 3 unspecified atom stereocenters. The average molecular weight is 286 g/mol. The molecule has 5 heteroatoms. The van der Waals surface area contributed by atoms with E-state index in [-0.39, 0.29) is 12.0 Å². The van der Waals surface area contributed by atoms with E-state index < -0.39 is 0 Å². The van der Waals surface area contributed by atoms with Crippen LogP contribution in [-0.4, -0.2) is 72.6 Å². The lowest BCUT2D eigenvalue weighted by atomic mass is 9.97. The lowest BCUT2D eigenvalue weighted by Crippen LogP contribution is -2.61. The molecule has 0 bridgehead atoms. The summed E-state index contributed by atoms with van der Waals surface area (Å²) in [6.07, 6.45) is 3.33. The summed E-state index contributed by atoms with van der Waals surface area (Å²) in [7, 11) is 0. The summed E-state index contributed by atoms with van der Waals surface area (Å²) in [4.78, 5) is 17.1. The standard InChI is InChI=1S/C14H26N2O2S/c1-4-15-6-5-12-13(9-15)18-8-7-16(12)14(17)11(2)10-19-3/h11-13H,4-10H2,1-3H3. The van der Waals surface area contributed by atoms with E-state index in [0.717, 1.165) is 38.4 Å². The molecule has 0 aromatic heterocycles. The molecular weight excluding hydrogens is 260 g/mol. The molecule has 2 heterocycles. The molecule has 2 saturated heterocycles. The Morgan fingerprint density at radius 2 is 2.26 bits per heavy atom. The topological polar surface area (TPSA) is 32.8 Å². The van der Waals surface area contributed by atoms with Crippen LogP contribution < -0.4 is 0 Å². The molecular formula is C14H26N2O2S. The van der Waals surface area contributed by atoms with Crippen LogP contribution in [0.1, 0.15) is 20.3 Å². The van der Waals surface area contributed by atoms with E-state index in [2.05, 4.69) is 23.0 Å². The van der Waals surface area contributed by atoms with Gasteiger partial charge in [0.05, 0.1) is 18.8 Å². The lowest BCUT2D eigenvalue weighted by molar-refractivity contribution is -0.155. The van der Waals surface area contributed by atoms with Crippen molar-refractivity contribution in [2.45, 2.75) is 32.4 Å². The first kappa shape index (κ1) is 15.1. The molecule has 0 radical (unpaired) electrons. The van der Waals surface area contributed by atoms with Gasteiger partial charge >= 0.3 is 0 Å². The fourth-order valence-electron chi connectivity index (χ4n) is 3.12. The van der Waals surface area contributed by atoms with Crippen molar-refractivity contribution in [3.63, 3.8) is 0 Å². The number of ether oxygens (including phenoxy) is 1. The summed E-state index contributed by atoms with van der Waals surface area (Å²) in [6.45, 7) is 8.82. The Hall–Kier alpha value is -0.260. The van der Waals surface area contributed by atoms with E-state index >= 15 is 0 Å². The monoisotopic (exact) mass is 286 g/mol. The van der Waals surface area contributed by atoms with Crippen molar-refractivity contribution < 1.29 is 9.53 Å². The minimum atomic E-state index is 0.123. The molecule has 0 aromatic carbocycles. The molecule has 19 heavy (non-hydrogen) atoms. The number of morpholine rings is 1. The first-order valence-electron chi connectivity index (χ1n) is 7.30. The van der Waals surface area contributed by atoms with E-state index in [1.165, 1.54) is 0 Å². The van der Waals surface area contributed by atoms with Crippen LogP contribution in [0.3, 0.4) is 0 Å². The Kier molecular flexibility index (Phi) is 5.54. The van der Waals surface area contributed by atoms with Crippen molar-refractivity contribution >= 4 is 17.7 Å². The molecule has 1 amide bonds. The summed E-state index contributed by atoms with van der Waals surface area (Å²) >= 11 is 1.75. The third-order valence-corrected chi connectivity index (χ3v) is 5.07. The molecule has 4 nitrogen and oxygen atoms in total. The van der Waals surface area contributed by atoms with E-state index in [1.807, 2.05) is 6.92 Å². The zero-order chi connectivity index (χ0) is 13.8. The minimum Gasteiger partial charge on any atom is -0.373 e. The molecule has 2 fully saturated rings. The lowest BCUT2D eigenvalue weighted by Gasteiger charge is -2.47. The van der Waals surface area contributed by atoms with Gasteiger partial charge in [0.1, 0.15) is 0 Å². The summed E-state index contributed by atoms with van der Waals surface area (Å²) in [5, 5.41) is 0. The number of piperidine rings is 1. The van der Waals surface area contributed by atoms with Crippen LogP contribution >= 0.6 is 11.8 Å². The number of nitrogens with zero attached hydrogens (tertiary/aromatic N) is 2. The Morgan fingerprint density at radius 3 is 2.95 bits per heavy atom. The summed E-state index contributed by atoms with van der Waals surface area (Å²) < 4.78 is 5.89. The number of amides is 1. The smallest absolute Gasteiger partial charge is 0.226 e. The molecule has 2 aliphatic heterocycles. The van der Waals surface area contributed by atoms with Crippen molar-refractivity contribution in [2.75, 3.05) is 44.8 Å². The zero-order valence-corrected chi connectivity index (χ0v) is 13.1. The molecule has 110 valence electrons. The van der Waals surface area contributed by atoms with Crippen molar-refractivity contribution in [3.05, 3.63) is 0 Å². The SMILES string of the molecule is CCN1CCC2C(C1)OCCN2C(=O)C(C)CSC. The largest absolute Gasteiger partial charge is 0.373 e. The highest BCUT2D eigenvalue weighted by molar-refractivity contribution is 7.98. The fraction of sp³-hybridized carbons (Fsp3) is 0.929. The fourth-order valence-corrected chi connectivity index (χ4v) is 3.76. The van der Waals surface area contributed by atoms with E-state index in [9.17, 15) is 4.79 Å². The van der Waals surface area contributed by atoms with Gasteiger partial charge < -0.3 is 14.5 Å². The van der Waals surface area contributed by atoms with E-state index in [4.69, 9.17) is 4.74 Å². The summed E-state index contributed by atoms with van der Waals surface area (Å²) in [6, 6.07) is 0.299. The predicted molar refractivity (Wildman–Crippen MR) is 79.5 cm³/mol. The summed E-state index contributed by atoms with van der Waals surface area (Å²) in [5.74, 6) is 1.35. The highest BCUT2D eigenvalue weighted by Gasteiger charge is 2.39. The number of fused-ring (bicyclic) bond motifs is 1.